The van der Waals surface area contributed by atoms with Crippen LogP contribution in [-0.4, -0.2) is 54.0 Å². The molecule has 0 amide bonds. The van der Waals surface area contributed by atoms with Crippen LogP contribution >= 0.6 is 0 Å². The Morgan fingerprint density at radius 2 is 1.31 bits per heavy atom. The van der Waals surface area contributed by atoms with E-state index in [4.69, 9.17) is 0 Å². The second-order valence-corrected chi connectivity index (χ2v) is 6.34. The molecule has 1 atom stereocenters. The maximum absolute atomic E-state index is 13.8. The van der Waals surface area contributed by atoms with Gasteiger partial charge >= 0.3 is 41.8 Å². The van der Waals surface area contributed by atoms with Gasteiger partial charge in [-0.05, 0) is 17.7 Å². The number of aliphatic hydroxyl groups excluding tert-OH is 1. The number of carbonyl (C=O) groups excluding carboxylic acids is 1. The van der Waals surface area contributed by atoms with E-state index in [9.17, 15) is 67.0 Å². The number of alkyl halides is 13. The molecular formula is C16H11F13O3. The molecule has 0 aliphatic heterocycles. The van der Waals surface area contributed by atoms with Crippen LogP contribution in [-0.2, 0) is 4.74 Å². The lowest BCUT2D eigenvalue weighted by molar-refractivity contribution is -0.440. The quantitative estimate of drug-likeness (QED) is 0.373. The van der Waals surface area contributed by atoms with E-state index >= 15 is 0 Å². The van der Waals surface area contributed by atoms with Gasteiger partial charge in [-0.15, -0.1) is 0 Å². The molecule has 184 valence electrons. The van der Waals surface area contributed by atoms with E-state index < -0.39 is 65.4 Å². The fourth-order valence-corrected chi connectivity index (χ4v) is 2.28. The molecule has 1 aromatic carbocycles. The normalized spacial score (nSPS) is 15.5. The molecule has 0 spiro atoms. The largest absolute Gasteiger partial charge is 0.465 e. The minimum Gasteiger partial charge on any atom is -0.465 e. The highest BCUT2D eigenvalue weighted by molar-refractivity contribution is 5.89. The molecule has 0 aromatic heterocycles. The van der Waals surface area contributed by atoms with Crippen LogP contribution in [0.3, 0.4) is 0 Å². The second kappa shape index (κ2) is 8.26. The standard InChI is InChI=1S/C16H11F13O3/c1-32-10(31)8-4-2-3-7(5-8)9(30)6-11(17,18)12(19,20)13(21,22)14(23,24)15(25,26)16(27,28)29/h2-5,9,30H,6H2,1H3. The van der Waals surface area contributed by atoms with Crippen molar-refractivity contribution in [1.82, 2.24) is 0 Å². The zero-order valence-corrected chi connectivity index (χ0v) is 15.3. The van der Waals surface area contributed by atoms with E-state index in [-0.39, 0.29) is 0 Å². The van der Waals surface area contributed by atoms with Crippen molar-refractivity contribution in [2.24, 2.45) is 0 Å². The Labute approximate surface area is 169 Å². The van der Waals surface area contributed by atoms with Crippen LogP contribution in [0.15, 0.2) is 24.3 Å². The number of benzene rings is 1. The molecule has 0 bridgehead atoms. The molecule has 1 N–H and O–H groups in total. The first-order valence-electron chi connectivity index (χ1n) is 7.90. The molecule has 0 aliphatic carbocycles. The van der Waals surface area contributed by atoms with Gasteiger partial charge in [0.25, 0.3) is 0 Å². The minimum absolute atomic E-state index is 0.458. The van der Waals surface area contributed by atoms with E-state index in [1.165, 1.54) is 0 Å². The van der Waals surface area contributed by atoms with Crippen LogP contribution in [0.25, 0.3) is 0 Å². The molecule has 0 saturated carbocycles. The zero-order valence-electron chi connectivity index (χ0n) is 15.3. The van der Waals surface area contributed by atoms with Gasteiger partial charge in [0.1, 0.15) is 0 Å². The van der Waals surface area contributed by atoms with Crippen LogP contribution < -0.4 is 0 Å². The number of methoxy groups -OCH3 is 1. The Balaban J connectivity index is 3.35. The lowest BCUT2D eigenvalue weighted by Gasteiger charge is -2.40. The smallest absolute Gasteiger partial charge is 0.460 e. The Bertz CT molecular complexity index is 833. The predicted molar refractivity (Wildman–Crippen MR) is 78.1 cm³/mol. The van der Waals surface area contributed by atoms with Gasteiger partial charge in [-0.1, -0.05) is 12.1 Å². The Hall–Kier alpha value is -2.26. The van der Waals surface area contributed by atoms with E-state index in [1.807, 2.05) is 0 Å². The fraction of sp³-hybridized carbons (Fsp3) is 0.562. The third-order valence-corrected chi connectivity index (χ3v) is 4.14. The molecule has 1 unspecified atom stereocenters. The minimum atomic E-state index is -8.01. The maximum atomic E-state index is 13.8. The summed E-state index contributed by atoms with van der Waals surface area (Å²) < 4.78 is 174. The number of halogens is 13. The van der Waals surface area contributed by atoms with Gasteiger partial charge in [-0.3, -0.25) is 0 Å². The first-order valence-corrected chi connectivity index (χ1v) is 7.90. The lowest BCUT2D eigenvalue weighted by Crippen LogP contribution is -2.70. The van der Waals surface area contributed by atoms with Crippen molar-refractivity contribution in [3.63, 3.8) is 0 Å². The molecular weight excluding hydrogens is 487 g/mol. The summed E-state index contributed by atoms with van der Waals surface area (Å²) in [6, 6.07) is 3.13. The molecule has 1 rings (SSSR count). The molecule has 0 fully saturated rings. The van der Waals surface area contributed by atoms with Crippen molar-refractivity contribution in [3.8, 4) is 0 Å². The highest BCUT2D eigenvalue weighted by atomic mass is 19.4. The van der Waals surface area contributed by atoms with Crippen molar-refractivity contribution < 1.29 is 71.7 Å². The summed E-state index contributed by atoms with van der Waals surface area (Å²) >= 11 is 0. The molecule has 0 aliphatic rings. The predicted octanol–water partition coefficient (Wildman–Crippen LogP) is 5.64. The summed E-state index contributed by atoms with van der Waals surface area (Å²) in [4.78, 5) is 11.3. The number of ether oxygens (including phenoxy) is 1. The van der Waals surface area contributed by atoms with Crippen LogP contribution in [0.1, 0.15) is 28.4 Å². The van der Waals surface area contributed by atoms with E-state index in [0.717, 1.165) is 19.2 Å². The SMILES string of the molecule is COC(=O)c1cccc(C(O)CC(F)(F)C(F)(F)C(F)(F)C(F)(F)C(F)(F)C(F)(F)F)c1. The van der Waals surface area contributed by atoms with Gasteiger partial charge in [-0.2, -0.15) is 57.1 Å². The molecule has 3 nitrogen and oxygen atoms in total. The molecule has 0 radical (unpaired) electrons. The van der Waals surface area contributed by atoms with Crippen molar-refractivity contribution in [3.05, 3.63) is 35.4 Å². The van der Waals surface area contributed by atoms with Crippen molar-refractivity contribution in [2.75, 3.05) is 7.11 Å². The average Bonchev–Trinajstić information content (AvgIpc) is 2.65. The number of hydrogen-bond acceptors (Lipinski definition) is 3. The van der Waals surface area contributed by atoms with Gasteiger partial charge in [0.2, 0.25) is 0 Å². The summed E-state index contributed by atoms with van der Waals surface area (Å²) in [5.74, 6) is -38.8. The third-order valence-electron chi connectivity index (χ3n) is 4.14. The maximum Gasteiger partial charge on any atom is 0.460 e. The highest BCUT2D eigenvalue weighted by Gasteiger charge is 2.90. The topological polar surface area (TPSA) is 46.5 Å². The Kier molecular flexibility index (Phi) is 7.17. The van der Waals surface area contributed by atoms with Gasteiger partial charge in [0, 0.05) is 6.42 Å². The number of hydrogen-bond donors (Lipinski definition) is 1. The molecule has 0 saturated heterocycles. The van der Waals surface area contributed by atoms with Crippen LogP contribution in [0.4, 0.5) is 57.1 Å². The fourth-order valence-electron chi connectivity index (χ4n) is 2.28. The molecule has 0 heterocycles. The Morgan fingerprint density at radius 3 is 1.75 bits per heavy atom. The summed E-state index contributed by atoms with van der Waals surface area (Å²) in [5, 5.41) is 9.63. The van der Waals surface area contributed by atoms with E-state index in [2.05, 4.69) is 4.74 Å². The summed E-state index contributed by atoms with van der Waals surface area (Å²) in [6.45, 7) is 0. The first kappa shape index (κ1) is 27.8. The van der Waals surface area contributed by atoms with Crippen molar-refractivity contribution in [2.45, 2.75) is 48.3 Å². The number of aliphatic hydroxyl groups is 1. The molecule has 16 heteroatoms. The third kappa shape index (κ3) is 4.32. The van der Waals surface area contributed by atoms with Gasteiger partial charge < -0.3 is 9.84 Å². The monoisotopic (exact) mass is 498 g/mol. The van der Waals surface area contributed by atoms with Crippen molar-refractivity contribution >= 4 is 5.97 Å². The van der Waals surface area contributed by atoms with Crippen LogP contribution in [0.5, 0.6) is 0 Å². The van der Waals surface area contributed by atoms with Gasteiger partial charge in [-0.25, -0.2) is 4.79 Å². The average molecular weight is 498 g/mol. The van der Waals surface area contributed by atoms with Crippen LogP contribution in [0.2, 0.25) is 0 Å². The van der Waals surface area contributed by atoms with Crippen molar-refractivity contribution in [1.29, 1.82) is 0 Å². The van der Waals surface area contributed by atoms with Gasteiger partial charge in [0.05, 0.1) is 18.8 Å². The first-order chi connectivity index (χ1) is 14.1. The summed E-state index contributed by atoms with van der Waals surface area (Å²) in [7, 11) is 0.860. The summed E-state index contributed by atoms with van der Waals surface area (Å²) in [5.41, 5.74) is -1.28. The summed E-state index contributed by atoms with van der Waals surface area (Å²) in [6.07, 6.45) is -13.2. The molecule has 1 aromatic rings. The number of carbonyl (C=O) groups is 1. The number of rotatable bonds is 8. The Morgan fingerprint density at radius 1 is 0.844 bits per heavy atom. The number of esters is 1. The highest BCUT2D eigenvalue weighted by Crippen LogP contribution is 2.61. The lowest BCUT2D eigenvalue weighted by atomic mass is 9.90. The zero-order chi connectivity index (χ0) is 25.6. The molecule has 32 heavy (non-hydrogen) atoms. The van der Waals surface area contributed by atoms with E-state index in [1.54, 1.807) is 0 Å². The van der Waals surface area contributed by atoms with Crippen LogP contribution in [0, 0.1) is 0 Å². The van der Waals surface area contributed by atoms with E-state index in [0.29, 0.717) is 12.1 Å². The van der Waals surface area contributed by atoms with Gasteiger partial charge in [0.15, 0.2) is 0 Å². The second-order valence-electron chi connectivity index (χ2n) is 6.34.